The van der Waals surface area contributed by atoms with Crippen molar-refractivity contribution in [1.29, 1.82) is 0 Å². The summed E-state index contributed by atoms with van der Waals surface area (Å²) < 4.78 is 0. The van der Waals surface area contributed by atoms with E-state index in [0.717, 1.165) is 37.1 Å². The molecule has 0 fully saturated rings. The first-order valence-electron chi connectivity index (χ1n) is 8.30. The Morgan fingerprint density at radius 2 is 2.08 bits per heavy atom. The second kappa shape index (κ2) is 6.45. The lowest BCUT2D eigenvalue weighted by Gasteiger charge is -2.28. The zero-order valence-electron chi connectivity index (χ0n) is 13.5. The topological polar surface area (TPSA) is 61.0 Å². The van der Waals surface area contributed by atoms with Crippen LogP contribution >= 0.6 is 0 Å². The molecule has 5 heteroatoms. The first kappa shape index (κ1) is 14.9. The van der Waals surface area contributed by atoms with Gasteiger partial charge in [-0.15, -0.1) is 0 Å². The van der Waals surface area contributed by atoms with Crippen LogP contribution in [0.1, 0.15) is 21.5 Å². The lowest BCUT2D eigenvalue weighted by molar-refractivity contribution is 0.0947. The summed E-state index contributed by atoms with van der Waals surface area (Å²) in [4.78, 5) is 21.9. The predicted molar refractivity (Wildman–Crippen MR) is 93.8 cm³/mol. The smallest absolute Gasteiger partial charge is 0.251 e. The molecule has 0 unspecified atom stereocenters. The molecule has 2 N–H and O–H groups in total. The summed E-state index contributed by atoms with van der Waals surface area (Å²) in [5.41, 5.74) is 5.27. The van der Waals surface area contributed by atoms with E-state index in [-0.39, 0.29) is 5.91 Å². The highest BCUT2D eigenvalue weighted by Gasteiger charge is 2.15. The summed E-state index contributed by atoms with van der Waals surface area (Å²) in [5.74, 6) is -0.0380. The van der Waals surface area contributed by atoms with Crippen LogP contribution in [-0.4, -0.2) is 40.4 Å². The third-order valence-electron chi connectivity index (χ3n) is 4.61. The van der Waals surface area contributed by atoms with Crippen LogP contribution in [0.2, 0.25) is 0 Å². The molecule has 0 aliphatic carbocycles. The molecule has 2 aromatic carbocycles. The third-order valence-corrected chi connectivity index (χ3v) is 4.61. The summed E-state index contributed by atoms with van der Waals surface area (Å²) >= 11 is 0. The van der Waals surface area contributed by atoms with Gasteiger partial charge in [0.05, 0.1) is 17.4 Å². The number of carbonyl (C=O) groups is 1. The molecule has 2 heterocycles. The summed E-state index contributed by atoms with van der Waals surface area (Å²) in [6.45, 7) is 3.54. The molecule has 4 rings (SSSR count). The van der Waals surface area contributed by atoms with Gasteiger partial charge in [-0.1, -0.05) is 24.3 Å². The van der Waals surface area contributed by atoms with Gasteiger partial charge in [0.2, 0.25) is 0 Å². The van der Waals surface area contributed by atoms with Gasteiger partial charge in [-0.05, 0) is 35.7 Å². The largest absolute Gasteiger partial charge is 0.351 e. The number of hydrogen-bond donors (Lipinski definition) is 2. The molecule has 0 spiro atoms. The Morgan fingerprint density at radius 1 is 1.21 bits per heavy atom. The fraction of sp³-hybridized carbons (Fsp3) is 0.263. The molecular formula is C19H20N4O. The lowest BCUT2D eigenvalue weighted by Crippen LogP contribution is -2.37. The number of carbonyl (C=O) groups excluding carboxylic acids is 1. The van der Waals surface area contributed by atoms with E-state index in [1.54, 1.807) is 6.33 Å². The molecule has 1 amide bonds. The molecule has 0 atom stereocenters. The van der Waals surface area contributed by atoms with Gasteiger partial charge in [-0.25, -0.2) is 4.98 Å². The summed E-state index contributed by atoms with van der Waals surface area (Å²) in [7, 11) is 0. The molecule has 1 aliphatic heterocycles. The van der Waals surface area contributed by atoms with Gasteiger partial charge in [-0.3, -0.25) is 9.69 Å². The van der Waals surface area contributed by atoms with Crippen LogP contribution in [0.15, 0.2) is 48.8 Å². The summed E-state index contributed by atoms with van der Waals surface area (Å²) in [6.07, 6.45) is 2.72. The first-order valence-corrected chi connectivity index (χ1v) is 8.30. The number of nitrogens with zero attached hydrogens (tertiary/aromatic N) is 2. The molecular weight excluding hydrogens is 300 g/mol. The minimum atomic E-state index is -0.0380. The van der Waals surface area contributed by atoms with Crippen molar-refractivity contribution in [2.24, 2.45) is 0 Å². The maximum absolute atomic E-state index is 12.3. The molecule has 0 bridgehead atoms. The van der Waals surface area contributed by atoms with E-state index in [0.29, 0.717) is 12.1 Å². The average molecular weight is 320 g/mol. The fourth-order valence-corrected chi connectivity index (χ4v) is 3.25. The number of aromatic amines is 1. The number of nitrogens with one attached hydrogen (secondary N) is 2. The zero-order chi connectivity index (χ0) is 16.4. The van der Waals surface area contributed by atoms with Crippen LogP contribution in [0.5, 0.6) is 0 Å². The molecule has 0 radical (unpaired) electrons. The standard InChI is InChI=1S/C19H20N4O/c24-19(15-5-6-17-18(11-15)22-13-21-17)20-8-10-23-9-7-14-3-1-2-4-16(14)12-23/h1-6,11,13H,7-10,12H2,(H,20,24)(H,21,22). The van der Waals surface area contributed by atoms with Gasteiger partial charge >= 0.3 is 0 Å². The fourth-order valence-electron chi connectivity index (χ4n) is 3.25. The monoisotopic (exact) mass is 320 g/mol. The highest BCUT2D eigenvalue weighted by molar-refractivity contribution is 5.97. The van der Waals surface area contributed by atoms with Crippen LogP contribution in [-0.2, 0) is 13.0 Å². The van der Waals surface area contributed by atoms with Gasteiger partial charge in [0.25, 0.3) is 5.91 Å². The van der Waals surface area contributed by atoms with E-state index >= 15 is 0 Å². The van der Waals surface area contributed by atoms with Gasteiger partial charge in [0.15, 0.2) is 0 Å². The number of benzene rings is 2. The Bertz CT molecular complexity index is 870. The van der Waals surface area contributed by atoms with Gasteiger partial charge < -0.3 is 10.3 Å². The van der Waals surface area contributed by atoms with Crippen LogP contribution < -0.4 is 5.32 Å². The third kappa shape index (κ3) is 3.03. The van der Waals surface area contributed by atoms with E-state index < -0.39 is 0 Å². The number of rotatable bonds is 4. The van der Waals surface area contributed by atoms with Crippen molar-refractivity contribution in [2.75, 3.05) is 19.6 Å². The van der Waals surface area contributed by atoms with Crippen molar-refractivity contribution >= 4 is 16.9 Å². The number of H-pyrrole nitrogens is 1. The minimum absolute atomic E-state index is 0.0380. The predicted octanol–water partition coefficient (Wildman–Crippen LogP) is 2.35. The van der Waals surface area contributed by atoms with Crippen LogP contribution in [0.4, 0.5) is 0 Å². The second-order valence-electron chi connectivity index (χ2n) is 6.19. The Kier molecular flexibility index (Phi) is 4.01. The van der Waals surface area contributed by atoms with Crippen molar-refractivity contribution in [3.8, 4) is 0 Å². The Hall–Kier alpha value is -2.66. The molecule has 3 aromatic rings. The molecule has 0 saturated heterocycles. The maximum atomic E-state index is 12.3. The van der Waals surface area contributed by atoms with Crippen LogP contribution in [0.25, 0.3) is 11.0 Å². The normalized spacial score (nSPS) is 14.5. The molecule has 1 aromatic heterocycles. The molecule has 1 aliphatic rings. The number of imidazole rings is 1. The van der Waals surface area contributed by atoms with Crippen molar-refractivity contribution < 1.29 is 4.79 Å². The SMILES string of the molecule is O=C(NCCN1CCc2ccccc2C1)c1ccc2nc[nH]c2c1. The number of amides is 1. The number of fused-ring (bicyclic) bond motifs is 2. The highest BCUT2D eigenvalue weighted by atomic mass is 16.1. The minimum Gasteiger partial charge on any atom is -0.351 e. The highest BCUT2D eigenvalue weighted by Crippen LogP contribution is 2.17. The average Bonchev–Trinajstić information content (AvgIpc) is 3.09. The van der Waals surface area contributed by atoms with Crippen molar-refractivity contribution in [3.63, 3.8) is 0 Å². The first-order chi connectivity index (χ1) is 11.8. The van der Waals surface area contributed by atoms with Crippen molar-refractivity contribution in [2.45, 2.75) is 13.0 Å². The second-order valence-corrected chi connectivity index (χ2v) is 6.19. The zero-order valence-corrected chi connectivity index (χ0v) is 13.5. The summed E-state index contributed by atoms with van der Waals surface area (Å²) in [5, 5.41) is 3.01. The van der Waals surface area contributed by atoms with Gasteiger partial charge in [-0.2, -0.15) is 0 Å². The number of hydrogen-bond acceptors (Lipinski definition) is 3. The Labute approximate surface area is 140 Å². The molecule has 0 saturated carbocycles. The Morgan fingerprint density at radius 3 is 3.00 bits per heavy atom. The summed E-state index contributed by atoms with van der Waals surface area (Å²) in [6, 6.07) is 14.1. The Balaban J connectivity index is 1.32. The molecule has 24 heavy (non-hydrogen) atoms. The van der Waals surface area contributed by atoms with Gasteiger partial charge in [0.1, 0.15) is 0 Å². The van der Waals surface area contributed by atoms with Crippen molar-refractivity contribution in [3.05, 3.63) is 65.5 Å². The van der Waals surface area contributed by atoms with E-state index in [1.165, 1.54) is 11.1 Å². The molecule has 5 nitrogen and oxygen atoms in total. The quantitative estimate of drug-likeness (QED) is 0.776. The van der Waals surface area contributed by atoms with Gasteiger partial charge in [0, 0.05) is 31.7 Å². The van der Waals surface area contributed by atoms with E-state index in [1.807, 2.05) is 18.2 Å². The van der Waals surface area contributed by atoms with Crippen LogP contribution in [0, 0.1) is 0 Å². The molecule has 122 valence electrons. The van der Waals surface area contributed by atoms with E-state index in [9.17, 15) is 4.79 Å². The maximum Gasteiger partial charge on any atom is 0.251 e. The van der Waals surface area contributed by atoms with Crippen LogP contribution in [0.3, 0.4) is 0 Å². The van der Waals surface area contributed by atoms with E-state index in [4.69, 9.17) is 0 Å². The van der Waals surface area contributed by atoms with E-state index in [2.05, 4.69) is 44.5 Å². The lowest BCUT2D eigenvalue weighted by atomic mass is 10.00. The van der Waals surface area contributed by atoms with Crippen molar-refractivity contribution in [1.82, 2.24) is 20.2 Å². The number of aromatic nitrogens is 2.